The fraction of sp³-hybridized carbons (Fsp3) is 0.435. The zero-order valence-electron chi connectivity index (χ0n) is 19.3. The number of benzene rings is 2. The molecule has 0 bridgehead atoms. The first-order chi connectivity index (χ1) is 15.2. The number of amides is 1. The Morgan fingerprint density at radius 2 is 1.72 bits per heavy atom. The van der Waals surface area contributed by atoms with Gasteiger partial charge in [-0.05, 0) is 61.2 Å². The molecule has 32 heavy (non-hydrogen) atoms. The molecule has 0 saturated heterocycles. The molecule has 0 saturated carbocycles. The predicted octanol–water partition coefficient (Wildman–Crippen LogP) is 3.01. The summed E-state index contributed by atoms with van der Waals surface area (Å²) in [5.74, 6) is 1.69. The molecule has 1 unspecified atom stereocenters. The van der Waals surface area contributed by atoms with Gasteiger partial charge < -0.3 is 19.5 Å². The number of anilines is 1. The predicted molar refractivity (Wildman–Crippen MR) is 125 cm³/mol. The van der Waals surface area contributed by atoms with Crippen LogP contribution in [0.1, 0.15) is 25.3 Å². The Kier molecular flexibility index (Phi) is 9.19. The van der Waals surface area contributed by atoms with Crippen molar-refractivity contribution in [1.82, 2.24) is 5.32 Å². The molecular weight excluding hydrogens is 432 g/mol. The number of nitrogens with one attached hydrogen (secondary N) is 1. The number of sulfonamides is 1. The molecule has 0 heterocycles. The minimum Gasteiger partial charge on any atom is -0.493 e. The van der Waals surface area contributed by atoms with Gasteiger partial charge in [0.05, 0.1) is 26.2 Å². The minimum atomic E-state index is -3.34. The number of carbonyl (C=O) groups is 1. The van der Waals surface area contributed by atoms with E-state index in [0.29, 0.717) is 35.9 Å². The van der Waals surface area contributed by atoms with E-state index in [1.54, 1.807) is 38.5 Å². The first-order valence-corrected chi connectivity index (χ1v) is 12.2. The molecule has 0 radical (unpaired) electrons. The van der Waals surface area contributed by atoms with Gasteiger partial charge in [0, 0.05) is 13.6 Å². The summed E-state index contributed by atoms with van der Waals surface area (Å²) in [7, 11) is 1.35. The van der Waals surface area contributed by atoms with Crippen LogP contribution in [0.25, 0.3) is 0 Å². The number of carbonyl (C=O) groups excluding carboxylic acids is 1. The highest BCUT2D eigenvalue weighted by atomic mass is 32.2. The van der Waals surface area contributed by atoms with E-state index in [0.717, 1.165) is 24.7 Å². The average Bonchev–Trinajstić information content (AvgIpc) is 2.79. The van der Waals surface area contributed by atoms with E-state index in [-0.39, 0.29) is 5.91 Å². The van der Waals surface area contributed by atoms with Crippen molar-refractivity contribution in [3.63, 3.8) is 0 Å². The topological polar surface area (TPSA) is 94.2 Å². The van der Waals surface area contributed by atoms with Crippen molar-refractivity contribution < 1.29 is 27.4 Å². The van der Waals surface area contributed by atoms with E-state index < -0.39 is 16.1 Å². The molecule has 176 valence electrons. The zero-order chi connectivity index (χ0) is 23.7. The lowest BCUT2D eigenvalue weighted by atomic mass is 10.1. The lowest BCUT2D eigenvalue weighted by molar-refractivity contribution is -0.128. The molecule has 1 amide bonds. The summed E-state index contributed by atoms with van der Waals surface area (Å²) in [4.78, 5) is 12.5. The molecule has 0 spiro atoms. The van der Waals surface area contributed by atoms with E-state index in [9.17, 15) is 13.2 Å². The zero-order valence-corrected chi connectivity index (χ0v) is 20.1. The van der Waals surface area contributed by atoms with Crippen LogP contribution in [-0.4, -0.2) is 54.5 Å². The largest absolute Gasteiger partial charge is 0.493 e. The van der Waals surface area contributed by atoms with E-state index in [1.807, 2.05) is 25.1 Å². The summed E-state index contributed by atoms with van der Waals surface area (Å²) in [5, 5.41) is 2.92. The standard InChI is InChI=1S/C23H32N2O6S/c1-6-20(31-19-12-10-18(11-13-19)25(2)32(5,27)28)23(26)24-15-7-8-17-9-14-21(29-3)22(16-17)30-4/h9-14,16,20H,6-8,15H2,1-5H3,(H,24,26). The number of hydrogen-bond acceptors (Lipinski definition) is 6. The Bertz CT molecular complexity index is 992. The van der Waals surface area contributed by atoms with E-state index in [1.165, 1.54) is 11.4 Å². The Labute approximate surface area is 190 Å². The van der Waals surface area contributed by atoms with Crippen LogP contribution in [0.3, 0.4) is 0 Å². The Morgan fingerprint density at radius 3 is 2.28 bits per heavy atom. The number of ether oxygens (including phenoxy) is 3. The smallest absolute Gasteiger partial charge is 0.261 e. The van der Waals surface area contributed by atoms with E-state index >= 15 is 0 Å². The van der Waals surface area contributed by atoms with Gasteiger partial charge in [-0.15, -0.1) is 0 Å². The SMILES string of the molecule is CCC(Oc1ccc(N(C)S(C)(=O)=O)cc1)C(=O)NCCCc1ccc(OC)c(OC)c1. The first-order valence-electron chi connectivity index (χ1n) is 10.4. The number of nitrogens with zero attached hydrogens (tertiary/aromatic N) is 1. The maximum absolute atomic E-state index is 12.5. The molecule has 0 aromatic heterocycles. The van der Waals surface area contributed by atoms with Crippen LogP contribution in [0.4, 0.5) is 5.69 Å². The molecule has 2 rings (SSSR count). The van der Waals surface area contributed by atoms with Crippen molar-refractivity contribution in [2.45, 2.75) is 32.3 Å². The van der Waals surface area contributed by atoms with Gasteiger partial charge >= 0.3 is 0 Å². The highest BCUT2D eigenvalue weighted by Gasteiger charge is 2.18. The van der Waals surface area contributed by atoms with Crippen LogP contribution in [0.15, 0.2) is 42.5 Å². The van der Waals surface area contributed by atoms with E-state index in [2.05, 4.69) is 5.32 Å². The lowest BCUT2D eigenvalue weighted by Crippen LogP contribution is -2.38. The number of rotatable bonds is 12. The molecule has 0 aliphatic carbocycles. The molecule has 1 atom stereocenters. The van der Waals surface area contributed by atoms with Crippen molar-refractivity contribution >= 4 is 21.6 Å². The second kappa shape index (κ2) is 11.6. The third-order valence-electron chi connectivity index (χ3n) is 5.03. The van der Waals surface area contributed by atoms with Crippen LogP contribution in [-0.2, 0) is 21.2 Å². The summed E-state index contributed by atoms with van der Waals surface area (Å²) in [6.45, 7) is 2.39. The molecule has 1 N–H and O–H groups in total. The average molecular weight is 465 g/mol. The fourth-order valence-electron chi connectivity index (χ4n) is 3.07. The van der Waals surface area contributed by atoms with Gasteiger partial charge in [-0.3, -0.25) is 9.10 Å². The van der Waals surface area contributed by atoms with Gasteiger partial charge in [0.15, 0.2) is 17.6 Å². The highest BCUT2D eigenvalue weighted by molar-refractivity contribution is 7.92. The van der Waals surface area contributed by atoms with Gasteiger partial charge in [-0.25, -0.2) is 8.42 Å². The molecule has 0 fully saturated rings. The maximum Gasteiger partial charge on any atom is 0.261 e. The van der Waals surface area contributed by atoms with Crippen LogP contribution in [0, 0.1) is 0 Å². The fourth-order valence-corrected chi connectivity index (χ4v) is 3.57. The Balaban J connectivity index is 1.85. The first kappa shape index (κ1) is 25.3. The second-order valence-electron chi connectivity index (χ2n) is 7.32. The molecule has 0 aliphatic rings. The third-order valence-corrected chi connectivity index (χ3v) is 6.23. The van der Waals surface area contributed by atoms with E-state index in [4.69, 9.17) is 14.2 Å². The van der Waals surface area contributed by atoms with Gasteiger partial charge in [-0.1, -0.05) is 13.0 Å². The monoisotopic (exact) mass is 464 g/mol. The third kappa shape index (κ3) is 7.05. The molecule has 2 aromatic carbocycles. The van der Waals surface area contributed by atoms with Crippen LogP contribution < -0.4 is 23.8 Å². The van der Waals surface area contributed by atoms with Gasteiger partial charge in [0.2, 0.25) is 10.0 Å². The minimum absolute atomic E-state index is 0.183. The summed E-state index contributed by atoms with van der Waals surface area (Å²) in [5.41, 5.74) is 1.62. The van der Waals surface area contributed by atoms with Crippen molar-refractivity contribution in [2.24, 2.45) is 0 Å². The normalized spacial score (nSPS) is 12.0. The second-order valence-corrected chi connectivity index (χ2v) is 9.34. The van der Waals surface area contributed by atoms with Crippen molar-refractivity contribution in [3.05, 3.63) is 48.0 Å². The van der Waals surface area contributed by atoms with Crippen LogP contribution in [0.5, 0.6) is 17.2 Å². The lowest BCUT2D eigenvalue weighted by Gasteiger charge is -2.19. The Morgan fingerprint density at radius 1 is 1.06 bits per heavy atom. The highest BCUT2D eigenvalue weighted by Crippen LogP contribution is 2.28. The summed E-state index contributed by atoms with van der Waals surface area (Å²) < 4.78 is 40.8. The summed E-state index contributed by atoms with van der Waals surface area (Å²) in [6, 6.07) is 12.4. The quantitative estimate of drug-likeness (QED) is 0.486. The van der Waals surface area contributed by atoms with Crippen LogP contribution >= 0.6 is 0 Å². The van der Waals surface area contributed by atoms with Crippen molar-refractivity contribution in [1.29, 1.82) is 0 Å². The van der Waals surface area contributed by atoms with Crippen molar-refractivity contribution in [3.8, 4) is 17.2 Å². The summed E-state index contributed by atoms with van der Waals surface area (Å²) >= 11 is 0. The number of hydrogen-bond donors (Lipinski definition) is 1. The van der Waals surface area contributed by atoms with Crippen molar-refractivity contribution in [2.75, 3.05) is 38.4 Å². The van der Waals surface area contributed by atoms with Gasteiger partial charge in [0.1, 0.15) is 5.75 Å². The molecule has 0 aliphatic heterocycles. The van der Waals surface area contributed by atoms with Gasteiger partial charge in [0.25, 0.3) is 5.91 Å². The maximum atomic E-state index is 12.5. The van der Waals surface area contributed by atoms with Gasteiger partial charge in [-0.2, -0.15) is 0 Å². The Hall–Kier alpha value is -2.94. The number of aryl methyl sites for hydroxylation is 1. The molecular formula is C23H32N2O6S. The molecule has 9 heteroatoms. The molecule has 2 aromatic rings. The molecule has 8 nitrogen and oxygen atoms in total. The number of methoxy groups -OCH3 is 2. The summed E-state index contributed by atoms with van der Waals surface area (Å²) in [6.07, 6.45) is 2.57. The van der Waals surface area contributed by atoms with Crippen LogP contribution in [0.2, 0.25) is 0 Å².